The minimum Gasteiger partial charge on any atom is -0.358 e. The molecule has 0 saturated heterocycles. The van der Waals surface area contributed by atoms with Crippen LogP contribution in [-0.4, -0.2) is 28.5 Å². The van der Waals surface area contributed by atoms with Crippen LogP contribution in [0.2, 0.25) is 0 Å². The van der Waals surface area contributed by atoms with Gasteiger partial charge in [-0.1, -0.05) is 44.2 Å². The molecule has 2 aromatic carbocycles. The molecule has 0 fully saturated rings. The molecule has 1 heterocycles. The molecule has 6 nitrogen and oxygen atoms in total. The lowest BCUT2D eigenvalue weighted by Gasteiger charge is -2.22. The van der Waals surface area contributed by atoms with Crippen molar-refractivity contribution >= 4 is 23.4 Å². The van der Waals surface area contributed by atoms with Gasteiger partial charge in [0.25, 0.3) is 0 Å². The van der Waals surface area contributed by atoms with Crippen molar-refractivity contribution in [3.05, 3.63) is 77.7 Å². The van der Waals surface area contributed by atoms with E-state index in [1.54, 1.807) is 18.3 Å². The van der Waals surface area contributed by atoms with Crippen molar-refractivity contribution in [3.63, 3.8) is 0 Å². The van der Waals surface area contributed by atoms with Crippen LogP contribution in [0.15, 0.2) is 60.8 Å². The molecule has 0 saturated carbocycles. The predicted molar refractivity (Wildman–Crippen MR) is 127 cm³/mol. The van der Waals surface area contributed by atoms with Crippen molar-refractivity contribution in [3.8, 4) is 0 Å². The number of carbonyl (C=O) groups is 1. The molecule has 0 aliphatic heterocycles. The number of carbonyl (C=O) groups excluding carboxylic acids is 1. The Bertz CT molecular complexity index is 1010. The van der Waals surface area contributed by atoms with Crippen molar-refractivity contribution in [2.45, 2.75) is 39.7 Å². The van der Waals surface area contributed by atoms with Crippen LogP contribution in [0.4, 0.5) is 21.8 Å². The maximum absolute atomic E-state index is 13.0. The average molecular weight is 436 g/mol. The fraction of sp³-hybridized carbons (Fsp3) is 0.320. The Hall–Kier alpha value is -3.48. The third-order valence-corrected chi connectivity index (χ3v) is 4.96. The molecule has 3 N–H and O–H groups in total. The first-order chi connectivity index (χ1) is 15.4. The molecule has 0 spiro atoms. The Kier molecular flexibility index (Phi) is 8.14. The second-order valence-electron chi connectivity index (χ2n) is 8.21. The summed E-state index contributed by atoms with van der Waals surface area (Å²) >= 11 is 0. The van der Waals surface area contributed by atoms with E-state index in [2.05, 4.69) is 39.8 Å². The van der Waals surface area contributed by atoms with Crippen LogP contribution in [0.3, 0.4) is 0 Å². The van der Waals surface area contributed by atoms with Gasteiger partial charge in [-0.25, -0.2) is 9.37 Å². The number of aromatic nitrogens is 2. The minimum absolute atomic E-state index is 0.103. The summed E-state index contributed by atoms with van der Waals surface area (Å²) in [5.74, 6) is 1.08. The summed E-state index contributed by atoms with van der Waals surface area (Å²) in [7, 11) is 0. The highest BCUT2D eigenvalue weighted by molar-refractivity contribution is 5.96. The molecule has 32 heavy (non-hydrogen) atoms. The molecule has 0 unspecified atom stereocenters. The molecule has 3 rings (SSSR count). The van der Waals surface area contributed by atoms with Gasteiger partial charge in [-0.2, -0.15) is 4.98 Å². The van der Waals surface area contributed by atoms with Crippen molar-refractivity contribution in [1.29, 1.82) is 0 Å². The highest BCUT2D eigenvalue weighted by atomic mass is 19.1. The Morgan fingerprint density at radius 2 is 1.78 bits per heavy atom. The lowest BCUT2D eigenvalue weighted by atomic mass is 10.0. The molecule has 0 aliphatic carbocycles. The normalized spacial score (nSPS) is 11.8. The van der Waals surface area contributed by atoms with E-state index >= 15 is 0 Å². The van der Waals surface area contributed by atoms with E-state index in [1.807, 2.05) is 37.3 Å². The van der Waals surface area contributed by atoms with Crippen molar-refractivity contribution in [1.82, 2.24) is 9.97 Å². The Morgan fingerprint density at radius 3 is 2.47 bits per heavy atom. The molecule has 0 radical (unpaired) electrons. The number of rotatable bonds is 10. The number of hydrogen-bond acceptors (Lipinski definition) is 5. The molecule has 1 aromatic heterocycles. The van der Waals surface area contributed by atoms with Gasteiger partial charge in [0.05, 0.1) is 0 Å². The zero-order chi connectivity index (χ0) is 22.9. The number of nitrogens with zero attached hydrogens (tertiary/aromatic N) is 2. The average Bonchev–Trinajstić information content (AvgIpc) is 2.77. The van der Waals surface area contributed by atoms with Crippen LogP contribution in [-0.2, 0) is 11.2 Å². The topological polar surface area (TPSA) is 78.9 Å². The van der Waals surface area contributed by atoms with Gasteiger partial charge in [0.15, 0.2) is 0 Å². The Morgan fingerprint density at radius 1 is 1.06 bits per heavy atom. The highest BCUT2D eigenvalue weighted by Crippen LogP contribution is 2.18. The van der Waals surface area contributed by atoms with Gasteiger partial charge in [0.1, 0.15) is 17.7 Å². The third kappa shape index (κ3) is 7.04. The Balaban J connectivity index is 1.65. The maximum atomic E-state index is 13.0. The maximum Gasteiger partial charge on any atom is 0.246 e. The summed E-state index contributed by atoms with van der Waals surface area (Å²) in [6, 6.07) is 15.4. The van der Waals surface area contributed by atoms with E-state index in [1.165, 1.54) is 12.1 Å². The number of aryl methyl sites for hydroxylation is 1. The van der Waals surface area contributed by atoms with Crippen LogP contribution < -0.4 is 16.0 Å². The van der Waals surface area contributed by atoms with E-state index in [0.717, 1.165) is 23.2 Å². The quantitative estimate of drug-likeness (QED) is 0.416. The molecule has 1 amide bonds. The van der Waals surface area contributed by atoms with Crippen LogP contribution in [0.5, 0.6) is 0 Å². The molecule has 3 aromatic rings. The molecule has 0 bridgehead atoms. The number of anilines is 3. The van der Waals surface area contributed by atoms with Crippen molar-refractivity contribution < 1.29 is 9.18 Å². The number of hydrogen-bond donors (Lipinski definition) is 3. The first-order valence-electron chi connectivity index (χ1n) is 10.8. The first-order valence-corrected chi connectivity index (χ1v) is 10.8. The second-order valence-corrected chi connectivity index (χ2v) is 8.21. The molecular weight excluding hydrogens is 405 g/mol. The number of amides is 1. The van der Waals surface area contributed by atoms with Gasteiger partial charge >= 0.3 is 0 Å². The summed E-state index contributed by atoms with van der Waals surface area (Å²) in [6.45, 7) is 6.68. The molecule has 168 valence electrons. The fourth-order valence-electron chi connectivity index (χ4n) is 3.26. The lowest BCUT2D eigenvalue weighted by Crippen LogP contribution is -2.36. The molecular formula is C25H30FN5O. The minimum atomic E-state index is -0.434. The van der Waals surface area contributed by atoms with Crippen molar-refractivity contribution in [2.24, 2.45) is 5.92 Å². The summed E-state index contributed by atoms with van der Waals surface area (Å²) in [4.78, 5) is 21.9. The Labute approximate surface area is 188 Å². The van der Waals surface area contributed by atoms with E-state index in [-0.39, 0.29) is 11.7 Å². The highest BCUT2D eigenvalue weighted by Gasteiger charge is 2.21. The lowest BCUT2D eigenvalue weighted by molar-refractivity contribution is -0.117. The van der Waals surface area contributed by atoms with Crippen molar-refractivity contribution in [2.75, 3.05) is 22.5 Å². The molecule has 7 heteroatoms. The standard InChI is InChI=1S/C25H30FN5O/c1-17(2)15-22(24(32)29-21-7-5-4-6-8-21)30-23-18(3)16-28-25(31-23)27-14-13-19-9-11-20(26)12-10-19/h4-12,16-17,22H,13-15H2,1-3H3,(H,29,32)(H2,27,28,30,31)/t22-/m0/s1. The monoisotopic (exact) mass is 435 g/mol. The summed E-state index contributed by atoms with van der Waals surface area (Å²) in [5.41, 5.74) is 2.64. The van der Waals surface area contributed by atoms with Crippen LogP contribution >= 0.6 is 0 Å². The van der Waals surface area contributed by atoms with E-state index in [4.69, 9.17) is 0 Å². The van der Waals surface area contributed by atoms with Gasteiger partial charge in [-0.15, -0.1) is 0 Å². The van der Waals surface area contributed by atoms with E-state index in [9.17, 15) is 9.18 Å². The number of benzene rings is 2. The van der Waals surface area contributed by atoms with Gasteiger partial charge < -0.3 is 16.0 Å². The largest absolute Gasteiger partial charge is 0.358 e. The third-order valence-electron chi connectivity index (χ3n) is 4.96. The van der Waals surface area contributed by atoms with E-state index in [0.29, 0.717) is 30.6 Å². The number of halogens is 1. The summed E-state index contributed by atoms with van der Waals surface area (Å²) < 4.78 is 13.0. The van der Waals surface area contributed by atoms with E-state index < -0.39 is 6.04 Å². The predicted octanol–water partition coefficient (Wildman–Crippen LogP) is 5.04. The second kappa shape index (κ2) is 11.2. The number of nitrogens with one attached hydrogen (secondary N) is 3. The van der Waals surface area contributed by atoms with Gasteiger partial charge in [0, 0.05) is 24.0 Å². The fourth-order valence-corrected chi connectivity index (χ4v) is 3.26. The smallest absolute Gasteiger partial charge is 0.246 e. The zero-order valence-electron chi connectivity index (χ0n) is 18.7. The first kappa shape index (κ1) is 23.2. The zero-order valence-corrected chi connectivity index (χ0v) is 18.7. The van der Waals surface area contributed by atoms with Crippen LogP contribution in [0, 0.1) is 18.7 Å². The van der Waals surface area contributed by atoms with Crippen LogP contribution in [0.25, 0.3) is 0 Å². The van der Waals surface area contributed by atoms with Gasteiger partial charge in [0.2, 0.25) is 11.9 Å². The van der Waals surface area contributed by atoms with Gasteiger partial charge in [-0.3, -0.25) is 4.79 Å². The summed E-state index contributed by atoms with van der Waals surface area (Å²) in [6.07, 6.45) is 3.11. The molecule has 1 atom stereocenters. The number of para-hydroxylation sites is 1. The summed E-state index contributed by atoms with van der Waals surface area (Å²) in [5, 5.41) is 9.48. The SMILES string of the molecule is Cc1cnc(NCCc2ccc(F)cc2)nc1N[C@@H](CC(C)C)C(=O)Nc1ccccc1. The van der Waals surface area contributed by atoms with Gasteiger partial charge in [-0.05, 0) is 55.5 Å². The van der Waals surface area contributed by atoms with Crippen LogP contribution in [0.1, 0.15) is 31.4 Å². The molecule has 0 aliphatic rings.